The van der Waals surface area contributed by atoms with Crippen molar-refractivity contribution < 1.29 is 4.79 Å². The lowest BCUT2D eigenvalue weighted by atomic mass is 10.1. The molecule has 1 atom stereocenters. The molecule has 6 heteroatoms. The Hall–Kier alpha value is -1.07. The third-order valence-corrected chi connectivity index (χ3v) is 3.87. The third-order valence-electron chi connectivity index (χ3n) is 3.87. The van der Waals surface area contributed by atoms with Gasteiger partial charge < -0.3 is 10.2 Å². The van der Waals surface area contributed by atoms with Crippen LogP contribution < -0.4 is 5.32 Å². The standard InChI is InChI=1S/C13H20N4O.ClH/c18-13(16-7-1-2-8-16)12-5-9-17(15-12)11-4-3-6-14-10-11;/h5,9,11,14H,1-4,6-8,10H2;1H. The number of nitrogens with zero attached hydrogens (tertiary/aromatic N) is 3. The molecule has 2 saturated heterocycles. The highest BCUT2D eigenvalue weighted by atomic mass is 35.5. The van der Waals surface area contributed by atoms with Crippen LogP contribution in [0.3, 0.4) is 0 Å². The highest BCUT2D eigenvalue weighted by molar-refractivity contribution is 5.92. The Bertz CT molecular complexity index is 422. The number of hydrogen-bond acceptors (Lipinski definition) is 3. The minimum Gasteiger partial charge on any atom is -0.337 e. The Morgan fingerprint density at radius 3 is 2.79 bits per heavy atom. The molecule has 0 saturated carbocycles. The summed E-state index contributed by atoms with van der Waals surface area (Å²) in [6, 6.07) is 2.26. The molecule has 1 aromatic heterocycles. The number of nitrogens with one attached hydrogen (secondary N) is 1. The molecule has 1 aromatic rings. The number of halogens is 1. The molecule has 0 radical (unpaired) electrons. The minimum atomic E-state index is 0. The molecule has 0 aromatic carbocycles. The van der Waals surface area contributed by atoms with E-state index in [1.807, 2.05) is 21.8 Å². The first-order chi connectivity index (χ1) is 8.84. The summed E-state index contributed by atoms with van der Waals surface area (Å²) in [4.78, 5) is 14.1. The van der Waals surface area contributed by atoms with Crippen molar-refractivity contribution in [2.75, 3.05) is 26.2 Å². The number of aromatic nitrogens is 2. The Balaban J connectivity index is 0.00000133. The maximum Gasteiger partial charge on any atom is 0.274 e. The van der Waals surface area contributed by atoms with E-state index in [9.17, 15) is 4.79 Å². The highest BCUT2D eigenvalue weighted by Crippen LogP contribution is 2.17. The first kappa shape index (κ1) is 14.3. The van der Waals surface area contributed by atoms with Crippen molar-refractivity contribution in [3.63, 3.8) is 0 Å². The lowest BCUT2D eigenvalue weighted by molar-refractivity contribution is 0.0785. The molecule has 1 unspecified atom stereocenters. The summed E-state index contributed by atoms with van der Waals surface area (Å²) in [7, 11) is 0. The van der Waals surface area contributed by atoms with E-state index >= 15 is 0 Å². The van der Waals surface area contributed by atoms with E-state index in [1.165, 1.54) is 6.42 Å². The van der Waals surface area contributed by atoms with Gasteiger partial charge >= 0.3 is 0 Å². The Morgan fingerprint density at radius 1 is 1.32 bits per heavy atom. The van der Waals surface area contributed by atoms with Crippen LogP contribution in [-0.4, -0.2) is 46.8 Å². The number of rotatable bonds is 2. The van der Waals surface area contributed by atoms with Crippen molar-refractivity contribution in [1.29, 1.82) is 0 Å². The second-order valence-corrected chi connectivity index (χ2v) is 5.18. The maximum absolute atomic E-state index is 12.2. The Labute approximate surface area is 119 Å². The average Bonchev–Trinajstić information content (AvgIpc) is 3.10. The quantitative estimate of drug-likeness (QED) is 0.895. The van der Waals surface area contributed by atoms with Crippen LogP contribution in [0.4, 0.5) is 0 Å². The monoisotopic (exact) mass is 284 g/mol. The van der Waals surface area contributed by atoms with Gasteiger partial charge in [0.05, 0.1) is 6.04 Å². The van der Waals surface area contributed by atoms with Crippen molar-refractivity contribution in [1.82, 2.24) is 20.0 Å². The Morgan fingerprint density at radius 2 is 2.11 bits per heavy atom. The topological polar surface area (TPSA) is 50.2 Å². The summed E-state index contributed by atoms with van der Waals surface area (Å²) < 4.78 is 1.95. The van der Waals surface area contributed by atoms with Gasteiger partial charge in [0, 0.05) is 25.8 Å². The van der Waals surface area contributed by atoms with Crippen LogP contribution in [0.1, 0.15) is 42.2 Å². The molecule has 0 spiro atoms. The summed E-state index contributed by atoms with van der Waals surface area (Å²) in [6.45, 7) is 3.82. The van der Waals surface area contributed by atoms with Crippen molar-refractivity contribution in [3.8, 4) is 0 Å². The minimum absolute atomic E-state index is 0. The second-order valence-electron chi connectivity index (χ2n) is 5.18. The number of piperidine rings is 1. The van der Waals surface area contributed by atoms with E-state index in [-0.39, 0.29) is 18.3 Å². The number of likely N-dealkylation sites (tertiary alicyclic amines) is 1. The zero-order valence-electron chi connectivity index (χ0n) is 11.0. The van der Waals surface area contributed by atoms with Gasteiger partial charge in [0.15, 0.2) is 0 Å². The van der Waals surface area contributed by atoms with Crippen molar-refractivity contribution in [2.45, 2.75) is 31.7 Å². The van der Waals surface area contributed by atoms with Crippen LogP contribution in [-0.2, 0) is 0 Å². The number of carbonyl (C=O) groups excluding carboxylic acids is 1. The molecule has 1 N–H and O–H groups in total. The van der Waals surface area contributed by atoms with Crippen LogP contribution in [0.25, 0.3) is 0 Å². The molecule has 2 aliphatic heterocycles. The summed E-state index contributed by atoms with van der Waals surface area (Å²) in [5.74, 6) is 0.0926. The van der Waals surface area contributed by atoms with Crippen molar-refractivity contribution >= 4 is 18.3 Å². The van der Waals surface area contributed by atoms with E-state index in [4.69, 9.17) is 0 Å². The van der Waals surface area contributed by atoms with Gasteiger partial charge in [0.25, 0.3) is 5.91 Å². The summed E-state index contributed by atoms with van der Waals surface area (Å²) in [5, 5.41) is 7.83. The first-order valence-electron chi connectivity index (χ1n) is 6.90. The van der Waals surface area contributed by atoms with Crippen LogP contribution >= 0.6 is 12.4 Å². The molecule has 2 aliphatic rings. The van der Waals surface area contributed by atoms with Gasteiger partial charge in [-0.2, -0.15) is 5.10 Å². The van der Waals surface area contributed by atoms with E-state index in [0.29, 0.717) is 11.7 Å². The first-order valence-corrected chi connectivity index (χ1v) is 6.90. The smallest absolute Gasteiger partial charge is 0.274 e. The van der Waals surface area contributed by atoms with Gasteiger partial charge in [0.2, 0.25) is 0 Å². The summed E-state index contributed by atoms with van der Waals surface area (Å²) in [5.41, 5.74) is 0.600. The second kappa shape index (κ2) is 6.39. The summed E-state index contributed by atoms with van der Waals surface area (Å²) in [6.07, 6.45) is 6.52. The van der Waals surface area contributed by atoms with Gasteiger partial charge in [0.1, 0.15) is 5.69 Å². The molecule has 106 valence electrons. The van der Waals surface area contributed by atoms with Gasteiger partial charge in [-0.15, -0.1) is 12.4 Å². The maximum atomic E-state index is 12.2. The molecule has 0 aliphatic carbocycles. The van der Waals surface area contributed by atoms with E-state index < -0.39 is 0 Å². The molecule has 5 nitrogen and oxygen atoms in total. The molecule has 19 heavy (non-hydrogen) atoms. The van der Waals surface area contributed by atoms with Crippen LogP contribution in [0.2, 0.25) is 0 Å². The Kier molecular flexibility index (Phi) is 4.82. The van der Waals surface area contributed by atoms with E-state index in [0.717, 1.165) is 45.4 Å². The molecular formula is C13H21ClN4O. The zero-order chi connectivity index (χ0) is 12.4. The van der Waals surface area contributed by atoms with Crippen LogP contribution in [0.5, 0.6) is 0 Å². The molecule has 3 rings (SSSR count). The fraction of sp³-hybridized carbons (Fsp3) is 0.692. The summed E-state index contributed by atoms with van der Waals surface area (Å²) >= 11 is 0. The molecule has 1 amide bonds. The molecule has 2 fully saturated rings. The van der Waals surface area contributed by atoms with Crippen molar-refractivity contribution in [2.24, 2.45) is 0 Å². The van der Waals surface area contributed by atoms with E-state index in [2.05, 4.69) is 10.4 Å². The predicted octanol–water partition coefficient (Wildman–Crippen LogP) is 1.47. The highest BCUT2D eigenvalue weighted by Gasteiger charge is 2.23. The van der Waals surface area contributed by atoms with Gasteiger partial charge in [-0.3, -0.25) is 9.48 Å². The number of amides is 1. The van der Waals surface area contributed by atoms with Crippen LogP contribution in [0.15, 0.2) is 12.3 Å². The van der Waals surface area contributed by atoms with Gasteiger partial charge in [-0.1, -0.05) is 0 Å². The lowest BCUT2D eigenvalue weighted by Crippen LogP contribution is -2.32. The average molecular weight is 285 g/mol. The largest absolute Gasteiger partial charge is 0.337 e. The van der Waals surface area contributed by atoms with Gasteiger partial charge in [-0.05, 0) is 38.3 Å². The fourth-order valence-electron chi connectivity index (χ4n) is 2.80. The van der Waals surface area contributed by atoms with Crippen molar-refractivity contribution in [3.05, 3.63) is 18.0 Å². The van der Waals surface area contributed by atoms with Gasteiger partial charge in [-0.25, -0.2) is 0 Å². The van der Waals surface area contributed by atoms with Crippen LogP contribution in [0, 0.1) is 0 Å². The molecular weight excluding hydrogens is 264 g/mol. The third kappa shape index (κ3) is 3.09. The fourth-order valence-corrected chi connectivity index (χ4v) is 2.80. The number of hydrogen-bond donors (Lipinski definition) is 1. The lowest BCUT2D eigenvalue weighted by Gasteiger charge is -2.23. The molecule has 0 bridgehead atoms. The zero-order valence-corrected chi connectivity index (χ0v) is 11.9. The molecule has 3 heterocycles. The predicted molar refractivity (Wildman–Crippen MR) is 75.8 cm³/mol. The van der Waals surface area contributed by atoms with E-state index in [1.54, 1.807) is 0 Å². The normalized spacial score (nSPS) is 23.2. The number of carbonyl (C=O) groups is 1. The SMILES string of the molecule is Cl.O=C(c1ccn(C2CCCNC2)n1)N1CCCC1.